The van der Waals surface area contributed by atoms with Crippen LogP contribution >= 0.6 is 11.6 Å². The quantitative estimate of drug-likeness (QED) is 0.777. The number of ether oxygens (including phenoxy) is 1. The summed E-state index contributed by atoms with van der Waals surface area (Å²) in [6, 6.07) is 0. The van der Waals surface area contributed by atoms with Gasteiger partial charge in [-0.3, -0.25) is 0 Å². The lowest BCUT2D eigenvalue weighted by molar-refractivity contribution is 0.0178. The van der Waals surface area contributed by atoms with E-state index in [4.69, 9.17) is 16.3 Å². The van der Waals surface area contributed by atoms with Crippen molar-refractivity contribution in [1.29, 1.82) is 0 Å². The predicted octanol–water partition coefficient (Wildman–Crippen LogP) is 3.13. The Morgan fingerprint density at radius 3 is 2.67 bits per heavy atom. The highest BCUT2D eigenvalue weighted by atomic mass is 35.5. The van der Waals surface area contributed by atoms with E-state index in [1.54, 1.807) is 11.2 Å². The van der Waals surface area contributed by atoms with Crippen molar-refractivity contribution in [3.8, 4) is 0 Å². The van der Waals surface area contributed by atoms with Gasteiger partial charge in [-0.05, 0) is 39.5 Å². The van der Waals surface area contributed by atoms with Gasteiger partial charge in [0.1, 0.15) is 17.4 Å². The van der Waals surface area contributed by atoms with Gasteiger partial charge in [0.2, 0.25) is 0 Å². The van der Waals surface area contributed by atoms with Crippen LogP contribution in [0.25, 0.3) is 11.2 Å². The molecule has 1 aliphatic rings. The Morgan fingerprint density at radius 1 is 1.29 bits per heavy atom. The number of halogens is 1. The Morgan fingerprint density at radius 2 is 2.00 bits per heavy atom. The molecule has 1 amide bonds. The number of likely N-dealkylation sites (tertiary alicyclic amines) is 1. The lowest BCUT2D eigenvalue weighted by Crippen LogP contribution is -2.42. The van der Waals surface area contributed by atoms with Gasteiger partial charge in [0.15, 0.2) is 10.8 Å². The largest absolute Gasteiger partial charge is 0.444 e. The van der Waals surface area contributed by atoms with E-state index in [-0.39, 0.29) is 6.09 Å². The van der Waals surface area contributed by atoms with Gasteiger partial charge in [-0.2, -0.15) is 0 Å². The van der Waals surface area contributed by atoms with Crippen LogP contribution in [0.2, 0.25) is 5.15 Å². The summed E-state index contributed by atoms with van der Waals surface area (Å²) in [7, 11) is 0. The molecular weight excluding hydrogens is 330 g/mol. The third-order valence-corrected chi connectivity index (χ3v) is 4.35. The molecule has 130 valence electrons. The number of aromatic nitrogens is 4. The highest BCUT2D eigenvalue weighted by Crippen LogP contribution is 2.23. The number of hydrogen-bond acceptors (Lipinski definition) is 5. The summed E-state index contributed by atoms with van der Waals surface area (Å²) in [6.45, 7) is 7.88. The third-order valence-electron chi connectivity index (χ3n) is 4.08. The zero-order valence-electron chi connectivity index (χ0n) is 14.2. The van der Waals surface area contributed by atoms with Gasteiger partial charge in [0.05, 0.1) is 6.33 Å². The van der Waals surface area contributed by atoms with Crippen molar-refractivity contribution in [2.45, 2.75) is 45.8 Å². The van der Waals surface area contributed by atoms with E-state index in [1.165, 1.54) is 6.33 Å². The van der Waals surface area contributed by atoms with Crippen molar-refractivity contribution in [2.75, 3.05) is 13.1 Å². The number of hydrogen-bond donors (Lipinski definition) is 0. The molecule has 1 aliphatic heterocycles. The van der Waals surface area contributed by atoms with Gasteiger partial charge in [-0.1, -0.05) is 11.6 Å². The van der Waals surface area contributed by atoms with Crippen molar-refractivity contribution in [3.63, 3.8) is 0 Å². The number of fused-ring (bicyclic) bond motifs is 1. The van der Waals surface area contributed by atoms with Gasteiger partial charge in [0.25, 0.3) is 0 Å². The summed E-state index contributed by atoms with van der Waals surface area (Å²) in [4.78, 5) is 26.4. The predicted molar refractivity (Wildman–Crippen MR) is 90.9 cm³/mol. The highest BCUT2D eigenvalue weighted by molar-refractivity contribution is 6.33. The molecule has 8 heteroatoms. The molecule has 0 unspecified atom stereocenters. The minimum Gasteiger partial charge on any atom is -0.444 e. The Balaban J connectivity index is 1.59. The van der Waals surface area contributed by atoms with Crippen LogP contribution in [-0.2, 0) is 11.3 Å². The molecule has 2 aromatic rings. The Bertz CT molecular complexity index is 732. The number of carbonyl (C=O) groups excluding carboxylic acids is 1. The molecule has 0 aliphatic carbocycles. The van der Waals surface area contributed by atoms with Gasteiger partial charge in [-0.15, -0.1) is 0 Å². The van der Waals surface area contributed by atoms with Crippen LogP contribution in [0.5, 0.6) is 0 Å². The molecule has 0 spiro atoms. The Kier molecular flexibility index (Phi) is 4.62. The highest BCUT2D eigenvalue weighted by Gasteiger charge is 2.27. The molecule has 1 fully saturated rings. The monoisotopic (exact) mass is 351 g/mol. The average molecular weight is 352 g/mol. The van der Waals surface area contributed by atoms with E-state index in [9.17, 15) is 4.79 Å². The topological polar surface area (TPSA) is 73.1 Å². The summed E-state index contributed by atoms with van der Waals surface area (Å²) >= 11 is 6.03. The van der Waals surface area contributed by atoms with E-state index in [1.807, 2.05) is 25.3 Å². The number of rotatable bonds is 2. The molecule has 0 aromatic carbocycles. The summed E-state index contributed by atoms with van der Waals surface area (Å²) in [6.07, 6.45) is 4.84. The van der Waals surface area contributed by atoms with Gasteiger partial charge < -0.3 is 14.2 Å². The van der Waals surface area contributed by atoms with Crippen molar-refractivity contribution in [2.24, 2.45) is 5.92 Å². The number of carbonyl (C=O) groups is 1. The fourth-order valence-electron chi connectivity index (χ4n) is 2.89. The molecule has 0 N–H and O–H groups in total. The summed E-state index contributed by atoms with van der Waals surface area (Å²) in [5.74, 6) is 0.467. The molecule has 3 heterocycles. The molecule has 7 nitrogen and oxygen atoms in total. The normalized spacial score (nSPS) is 16.6. The summed E-state index contributed by atoms with van der Waals surface area (Å²) in [5.41, 5.74) is 0.928. The van der Waals surface area contributed by atoms with Crippen LogP contribution < -0.4 is 0 Å². The number of nitrogens with zero attached hydrogens (tertiary/aromatic N) is 5. The fourth-order valence-corrected chi connectivity index (χ4v) is 3.07. The second-order valence-electron chi connectivity index (χ2n) is 7.14. The second kappa shape index (κ2) is 6.55. The van der Waals surface area contributed by atoms with Crippen LogP contribution in [-0.4, -0.2) is 49.2 Å². The SMILES string of the molecule is CC(C)(C)OC(=O)N1CCC(Cn2cnc3c(Cl)ncnc32)CC1. The standard InChI is InChI=1S/C16H22ClN5O2/c1-16(2,3)24-15(23)21-6-4-11(5-7-21)8-22-10-20-12-13(17)18-9-19-14(12)22/h9-11H,4-8H2,1-3H3. The maximum atomic E-state index is 12.1. The molecule has 0 saturated carbocycles. The third kappa shape index (κ3) is 3.77. The first-order valence-corrected chi connectivity index (χ1v) is 8.50. The molecule has 2 aromatic heterocycles. The van der Waals surface area contributed by atoms with Crippen LogP contribution in [0.3, 0.4) is 0 Å². The first-order valence-electron chi connectivity index (χ1n) is 8.13. The lowest BCUT2D eigenvalue weighted by Gasteiger charge is -2.33. The van der Waals surface area contributed by atoms with Crippen LogP contribution in [0.15, 0.2) is 12.7 Å². The van der Waals surface area contributed by atoms with Crippen molar-refractivity contribution < 1.29 is 9.53 Å². The summed E-state index contributed by atoms with van der Waals surface area (Å²) < 4.78 is 7.44. The molecule has 0 atom stereocenters. The average Bonchev–Trinajstić information content (AvgIpc) is 2.91. The molecule has 0 bridgehead atoms. The van der Waals surface area contributed by atoms with E-state index < -0.39 is 5.60 Å². The minimum atomic E-state index is -0.456. The maximum Gasteiger partial charge on any atom is 0.410 e. The molecular formula is C16H22ClN5O2. The summed E-state index contributed by atoms with van der Waals surface area (Å²) in [5, 5.41) is 0.374. The van der Waals surface area contributed by atoms with Crippen molar-refractivity contribution in [3.05, 3.63) is 17.8 Å². The van der Waals surface area contributed by atoms with E-state index in [0.717, 1.165) is 25.0 Å². The molecule has 24 heavy (non-hydrogen) atoms. The smallest absolute Gasteiger partial charge is 0.410 e. The Hall–Kier alpha value is -1.89. The fraction of sp³-hybridized carbons (Fsp3) is 0.625. The van der Waals surface area contributed by atoms with Crippen LogP contribution in [0, 0.1) is 5.92 Å². The second-order valence-corrected chi connectivity index (χ2v) is 7.50. The van der Waals surface area contributed by atoms with Crippen molar-refractivity contribution >= 4 is 28.9 Å². The van der Waals surface area contributed by atoms with Gasteiger partial charge >= 0.3 is 6.09 Å². The lowest BCUT2D eigenvalue weighted by atomic mass is 9.97. The number of amides is 1. The van der Waals surface area contributed by atoms with Gasteiger partial charge in [-0.25, -0.2) is 19.7 Å². The van der Waals surface area contributed by atoms with Crippen molar-refractivity contribution in [1.82, 2.24) is 24.4 Å². The maximum absolute atomic E-state index is 12.1. The number of piperidine rings is 1. The zero-order valence-corrected chi connectivity index (χ0v) is 15.0. The number of imidazole rings is 1. The van der Waals surface area contributed by atoms with Gasteiger partial charge in [0, 0.05) is 19.6 Å². The van der Waals surface area contributed by atoms with E-state index >= 15 is 0 Å². The first-order chi connectivity index (χ1) is 11.3. The molecule has 1 saturated heterocycles. The van der Waals surface area contributed by atoms with Crippen LogP contribution in [0.4, 0.5) is 4.79 Å². The zero-order chi connectivity index (χ0) is 17.3. The first kappa shape index (κ1) is 17.0. The minimum absolute atomic E-state index is 0.228. The van der Waals surface area contributed by atoms with E-state index in [2.05, 4.69) is 15.0 Å². The Labute approximate surface area is 146 Å². The molecule has 3 rings (SSSR count). The molecule has 0 radical (unpaired) electrons. The van der Waals surface area contributed by atoms with E-state index in [0.29, 0.717) is 29.7 Å². The van der Waals surface area contributed by atoms with Crippen LogP contribution in [0.1, 0.15) is 33.6 Å².